The van der Waals surface area contributed by atoms with E-state index in [1.807, 2.05) is 13.8 Å². The summed E-state index contributed by atoms with van der Waals surface area (Å²) < 4.78 is 0. The van der Waals surface area contributed by atoms with E-state index in [4.69, 9.17) is 0 Å². The van der Waals surface area contributed by atoms with Crippen LogP contribution < -0.4 is 0 Å². The Balaban J connectivity index is 0.000000461. The van der Waals surface area contributed by atoms with E-state index in [-0.39, 0.29) is 0 Å². The molecule has 0 radical (unpaired) electrons. The average molecular weight is 152 g/mol. The van der Waals surface area contributed by atoms with Crippen LogP contribution in [0.3, 0.4) is 0 Å². The Kier molecular flexibility index (Phi) is 5.91. The van der Waals surface area contributed by atoms with Crippen molar-refractivity contribution in [1.82, 2.24) is 0 Å². The summed E-state index contributed by atoms with van der Waals surface area (Å²) >= 11 is 0. The van der Waals surface area contributed by atoms with Gasteiger partial charge in [-0.1, -0.05) is 44.6 Å². The van der Waals surface area contributed by atoms with Crippen LogP contribution in [0.1, 0.15) is 40.5 Å². The molecule has 64 valence electrons. The zero-order valence-corrected chi connectivity index (χ0v) is 8.22. The van der Waals surface area contributed by atoms with Crippen LogP contribution in [0.15, 0.2) is 23.8 Å². The molecule has 1 unspecified atom stereocenters. The fraction of sp³-hybridized carbons (Fsp3) is 0.636. The van der Waals surface area contributed by atoms with Crippen LogP contribution in [0.25, 0.3) is 0 Å². The maximum atomic E-state index is 2.31. The second-order valence-electron chi connectivity index (χ2n) is 2.86. The van der Waals surface area contributed by atoms with Gasteiger partial charge in [-0.2, -0.15) is 0 Å². The van der Waals surface area contributed by atoms with E-state index in [1.54, 1.807) is 0 Å². The molecular weight excluding hydrogens is 132 g/mol. The Morgan fingerprint density at radius 1 is 1.36 bits per heavy atom. The first-order chi connectivity index (χ1) is 5.29. The molecule has 0 spiro atoms. The first-order valence-corrected chi connectivity index (χ1v) is 4.64. The van der Waals surface area contributed by atoms with Crippen molar-refractivity contribution >= 4 is 0 Å². The quantitative estimate of drug-likeness (QED) is 0.493. The summed E-state index contributed by atoms with van der Waals surface area (Å²) in [6.07, 6.45) is 9.38. The molecular formula is C11H20. The van der Waals surface area contributed by atoms with Crippen molar-refractivity contribution in [1.29, 1.82) is 0 Å². The lowest BCUT2D eigenvalue weighted by atomic mass is 10.1. The first kappa shape index (κ1) is 10.5. The molecule has 0 aromatic carbocycles. The molecule has 0 heterocycles. The van der Waals surface area contributed by atoms with Crippen LogP contribution in [0.2, 0.25) is 0 Å². The molecule has 0 amide bonds. The van der Waals surface area contributed by atoms with Crippen LogP contribution in [0, 0.1) is 5.92 Å². The highest BCUT2D eigenvalue weighted by atomic mass is 14.0. The molecule has 0 heteroatoms. The molecule has 0 N–H and O–H groups in total. The van der Waals surface area contributed by atoms with Crippen molar-refractivity contribution in [2.24, 2.45) is 5.92 Å². The van der Waals surface area contributed by atoms with Gasteiger partial charge in [0, 0.05) is 0 Å². The predicted molar refractivity (Wildman–Crippen MR) is 52.6 cm³/mol. The van der Waals surface area contributed by atoms with Gasteiger partial charge in [-0.25, -0.2) is 0 Å². The largest absolute Gasteiger partial charge is 0.0816 e. The fourth-order valence-corrected chi connectivity index (χ4v) is 1.05. The molecule has 1 atom stereocenters. The molecule has 0 aliphatic heterocycles. The number of rotatable bonds is 0. The van der Waals surface area contributed by atoms with Gasteiger partial charge in [0.25, 0.3) is 0 Å². The van der Waals surface area contributed by atoms with E-state index in [9.17, 15) is 0 Å². The molecule has 11 heavy (non-hydrogen) atoms. The molecule has 0 fully saturated rings. The third-order valence-electron chi connectivity index (χ3n) is 1.78. The SMILES string of the molecule is CC.CC1=CCCC(C)C=C1. The molecule has 0 aromatic heterocycles. The van der Waals surface area contributed by atoms with Crippen molar-refractivity contribution in [3.05, 3.63) is 23.8 Å². The summed E-state index contributed by atoms with van der Waals surface area (Å²) in [5.74, 6) is 0.777. The Hall–Kier alpha value is -0.520. The minimum absolute atomic E-state index is 0.777. The summed E-state index contributed by atoms with van der Waals surface area (Å²) in [5.41, 5.74) is 1.42. The predicted octanol–water partition coefficient (Wildman–Crippen LogP) is 3.95. The van der Waals surface area contributed by atoms with Crippen molar-refractivity contribution in [2.75, 3.05) is 0 Å². The van der Waals surface area contributed by atoms with Crippen molar-refractivity contribution in [3.8, 4) is 0 Å². The van der Waals surface area contributed by atoms with Crippen molar-refractivity contribution in [3.63, 3.8) is 0 Å². The Morgan fingerprint density at radius 3 is 2.64 bits per heavy atom. The van der Waals surface area contributed by atoms with Gasteiger partial charge in [-0.05, 0) is 25.7 Å². The number of allylic oxidation sites excluding steroid dienone is 4. The smallest absolute Gasteiger partial charge is 0.0256 e. The van der Waals surface area contributed by atoms with Gasteiger partial charge in [0.05, 0.1) is 0 Å². The van der Waals surface area contributed by atoms with Crippen molar-refractivity contribution < 1.29 is 0 Å². The van der Waals surface area contributed by atoms with Crippen molar-refractivity contribution in [2.45, 2.75) is 40.5 Å². The van der Waals surface area contributed by atoms with Crippen LogP contribution in [0.4, 0.5) is 0 Å². The molecule has 0 nitrogen and oxygen atoms in total. The van der Waals surface area contributed by atoms with E-state index >= 15 is 0 Å². The molecule has 0 saturated heterocycles. The minimum Gasteiger partial charge on any atom is -0.0816 e. The molecule has 1 aliphatic rings. The van der Waals surface area contributed by atoms with Gasteiger partial charge >= 0.3 is 0 Å². The van der Waals surface area contributed by atoms with Gasteiger partial charge in [-0.15, -0.1) is 0 Å². The maximum absolute atomic E-state index is 2.31. The third kappa shape index (κ3) is 4.83. The van der Waals surface area contributed by atoms with Gasteiger partial charge in [0.1, 0.15) is 0 Å². The third-order valence-corrected chi connectivity index (χ3v) is 1.78. The average Bonchev–Trinajstić information content (AvgIpc) is 2.20. The molecule has 1 aliphatic carbocycles. The maximum Gasteiger partial charge on any atom is -0.0256 e. The standard InChI is InChI=1S/C9H14.C2H6/c1-8-4-3-5-9(2)7-6-8;1-2/h4,6-7,9H,3,5H2,1-2H3;1-2H3. The highest BCUT2D eigenvalue weighted by molar-refractivity contribution is 5.18. The molecule has 0 aromatic rings. The second kappa shape index (κ2) is 6.21. The monoisotopic (exact) mass is 152 g/mol. The normalized spacial score (nSPS) is 22.9. The van der Waals surface area contributed by atoms with Gasteiger partial charge < -0.3 is 0 Å². The second-order valence-corrected chi connectivity index (χ2v) is 2.86. The molecule has 0 bridgehead atoms. The number of hydrogen-bond donors (Lipinski definition) is 0. The number of hydrogen-bond acceptors (Lipinski definition) is 0. The summed E-state index contributed by atoms with van der Waals surface area (Å²) in [7, 11) is 0. The van der Waals surface area contributed by atoms with E-state index in [2.05, 4.69) is 32.1 Å². The fourth-order valence-electron chi connectivity index (χ4n) is 1.05. The van der Waals surface area contributed by atoms with Crippen LogP contribution in [-0.2, 0) is 0 Å². The lowest BCUT2D eigenvalue weighted by Crippen LogP contribution is -1.84. The van der Waals surface area contributed by atoms with E-state index in [0.717, 1.165) is 5.92 Å². The van der Waals surface area contributed by atoms with E-state index in [1.165, 1.54) is 18.4 Å². The van der Waals surface area contributed by atoms with Crippen LogP contribution in [0.5, 0.6) is 0 Å². The van der Waals surface area contributed by atoms with Crippen LogP contribution in [-0.4, -0.2) is 0 Å². The summed E-state index contributed by atoms with van der Waals surface area (Å²) in [4.78, 5) is 0. The Labute approximate surface area is 71.0 Å². The molecule has 1 rings (SSSR count). The highest BCUT2D eigenvalue weighted by Crippen LogP contribution is 2.14. The lowest BCUT2D eigenvalue weighted by molar-refractivity contribution is 0.662. The first-order valence-electron chi connectivity index (χ1n) is 4.64. The van der Waals surface area contributed by atoms with E-state index in [0.29, 0.717) is 0 Å². The lowest BCUT2D eigenvalue weighted by Gasteiger charge is -1.97. The van der Waals surface area contributed by atoms with E-state index < -0.39 is 0 Å². The Bertz CT molecular complexity index is 140. The van der Waals surface area contributed by atoms with Crippen LogP contribution >= 0.6 is 0 Å². The highest BCUT2D eigenvalue weighted by Gasteiger charge is 1.98. The Morgan fingerprint density at radius 2 is 2.00 bits per heavy atom. The summed E-state index contributed by atoms with van der Waals surface area (Å²) in [5, 5.41) is 0. The topological polar surface area (TPSA) is 0 Å². The summed E-state index contributed by atoms with van der Waals surface area (Å²) in [6.45, 7) is 8.43. The summed E-state index contributed by atoms with van der Waals surface area (Å²) in [6, 6.07) is 0. The van der Waals surface area contributed by atoms with Gasteiger partial charge in [0.15, 0.2) is 0 Å². The zero-order chi connectivity index (χ0) is 8.69. The van der Waals surface area contributed by atoms with Gasteiger partial charge in [-0.3, -0.25) is 0 Å². The zero-order valence-electron chi connectivity index (χ0n) is 8.22. The molecule has 0 saturated carbocycles. The minimum atomic E-state index is 0.777. The van der Waals surface area contributed by atoms with Gasteiger partial charge in [0.2, 0.25) is 0 Å².